The summed E-state index contributed by atoms with van der Waals surface area (Å²) in [6, 6.07) is 3.05. The lowest BCUT2D eigenvalue weighted by atomic mass is 10.1. The number of benzene rings is 1. The van der Waals surface area contributed by atoms with Crippen molar-refractivity contribution in [1.82, 2.24) is 9.78 Å². The molecule has 0 bridgehead atoms. The van der Waals surface area contributed by atoms with Gasteiger partial charge in [-0.1, -0.05) is 0 Å². The fourth-order valence-electron chi connectivity index (χ4n) is 2.40. The summed E-state index contributed by atoms with van der Waals surface area (Å²) in [6.45, 7) is 0.698. The predicted molar refractivity (Wildman–Crippen MR) is 69.6 cm³/mol. The molecule has 1 aliphatic heterocycles. The molecule has 7 heteroatoms. The van der Waals surface area contributed by atoms with Gasteiger partial charge in [0.05, 0.1) is 16.6 Å². The molecule has 1 unspecified atom stereocenters. The first-order valence-corrected chi connectivity index (χ1v) is 6.19. The normalized spacial score (nSPS) is 19.7. The van der Waals surface area contributed by atoms with Gasteiger partial charge in [-0.05, 0) is 25.3 Å². The van der Waals surface area contributed by atoms with Crippen LogP contribution in [0.15, 0.2) is 18.3 Å². The SMILES string of the molecule is Nc1cc2cnn(C3CCCCO3)c2cc1[N+](=O)[O-]. The summed E-state index contributed by atoms with van der Waals surface area (Å²) in [6.07, 6.45) is 4.50. The van der Waals surface area contributed by atoms with Crippen molar-refractivity contribution in [3.63, 3.8) is 0 Å². The Morgan fingerprint density at radius 2 is 2.32 bits per heavy atom. The number of hydrogen-bond acceptors (Lipinski definition) is 5. The van der Waals surface area contributed by atoms with E-state index in [0.717, 1.165) is 24.6 Å². The lowest BCUT2D eigenvalue weighted by Gasteiger charge is -2.23. The van der Waals surface area contributed by atoms with E-state index in [-0.39, 0.29) is 17.6 Å². The van der Waals surface area contributed by atoms with Gasteiger partial charge >= 0.3 is 0 Å². The summed E-state index contributed by atoms with van der Waals surface area (Å²) in [5.74, 6) is 0. The minimum Gasteiger partial charge on any atom is -0.393 e. The van der Waals surface area contributed by atoms with E-state index >= 15 is 0 Å². The van der Waals surface area contributed by atoms with Gasteiger partial charge in [-0.2, -0.15) is 5.10 Å². The fourth-order valence-corrected chi connectivity index (χ4v) is 2.40. The van der Waals surface area contributed by atoms with Crippen LogP contribution in [0.2, 0.25) is 0 Å². The summed E-state index contributed by atoms with van der Waals surface area (Å²) in [4.78, 5) is 10.5. The van der Waals surface area contributed by atoms with E-state index in [1.165, 1.54) is 6.07 Å². The van der Waals surface area contributed by atoms with Crippen LogP contribution in [0.3, 0.4) is 0 Å². The van der Waals surface area contributed by atoms with Gasteiger partial charge in [-0.25, -0.2) is 4.68 Å². The fraction of sp³-hybridized carbons (Fsp3) is 0.417. The molecule has 2 N–H and O–H groups in total. The highest BCUT2D eigenvalue weighted by Crippen LogP contribution is 2.31. The quantitative estimate of drug-likeness (QED) is 0.508. The molecular weight excluding hydrogens is 248 g/mol. The van der Waals surface area contributed by atoms with E-state index in [1.54, 1.807) is 16.9 Å². The van der Waals surface area contributed by atoms with Crippen LogP contribution in [-0.4, -0.2) is 21.3 Å². The summed E-state index contributed by atoms with van der Waals surface area (Å²) in [5, 5.41) is 16.0. The van der Waals surface area contributed by atoms with Crippen LogP contribution in [-0.2, 0) is 4.74 Å². The highest BCUT2D eigenvalue weighted by atomic mass is 16.6. The molecule has 1 aromatic heterocycles. The molecule has 0 aliphatic carbocycles. The van der Waals surface area contributed by atoms with Crippen LogP contribution in [0.4, 0.5) is 11.4 Å². The number of nitrogen functional groups attached to an aromatic ring is 1. The van der Waals surface area contributed by atoms with Crippen LogP contribution in [0.1, 0.15) is 25.5 Å². The molecule has 3 rings (SSSR count). The average molecular weight is 262 g/mol. The third-order valence-electron chi connectivity index (χ3n) is 3.37. The Hall–Kier alpha value is -2.15. The monoisotopic (exact) mass is 262 g/mol. The predicted octanol–water partition coefficient (Wildman–Crippen LogP) is 2.23. The van der Waals surface area contributed by atoms with Crippen molar-refractivity contribution in [2.24, 2.45) is 0 Å². The number of rotatable bonds is 2. The largest absolute Gasteiger partial charge is 0.393 e. The lowest BCUT2D eigenvalue weighted by molar-refractivity contribution is -0.383. The van der Waals surface area contributed by atoms with E-state index in [9.17, 15) is 10.1 Å². The maximum absolute atomic E-state index is 10.9. The second-order valence-electron chi connectivity index (χ2n) is 4.64. The molecule has 19 heavy (non-hydrogen) atoms. The number of anilines is 1. The van der Waals surface area contributed by atoms with Crippen molar-refractivity contribution in [2.45, 2.75) is 25.5 Å². The average Bonchev–Trinajstić information content (AvgIpc) is 2.81. The Morgan fingerprint density at radius 1 is 1.47 bits per heavy atom. The second-order valence-corrected chi connectivity index (χ2v) is 4.64. The number of nitro benzene ring substituents is 1. The maximum Gasteiger partial charge on any atom is 0.294 e. The number of aromatic nitrogens is 2. The highest BCUT2D eigenvalue weighted by molar-refractivity contribution is 5.86. The number of nitrogens with two attached hydrogens (primary N) is 1. The summed E-state index contributed by atoms with van der Waals surface area (Å²) >= 11 is 0. The number of fused-ring (bicyclic) bond motifs is 1. The molecule has 7 nitrogen and oxygen atoms in total. The Kier molecular flexibility index (Phi) is 2.83. The van der Waals surface area contributed by atoms with Crippen LogP contribution in [0, 0.1) is 10.1 Å². The topological polar surface area (TPSA) is 96.2 Å². The zero-order chi connectivity index (χ0) is 13.4. The summed E-state index contributed by atoms with van der Waals surface area (Å²) in [5.41, 5.74) is 6.41. The lowest BCUT2D eigenvalue weighted by Crippen LogP contribution is -2.19. The molecule has 0 radical (unpaired) electrons. The minimum atomic E-state index is -0.478. The van der Waals surface area contributed by atoms with Gasteiger partial charge in [0, 0.05) is 18.1 Å². The molecule has 2 aromatic rings. The van der Waals surface area contributed by atoms with Crippen molar-refractivity contribution < 1.29 is 9.66 Å². The molecule has 100 valence electrons. The Bertz CT molecular complexity index is 631. The first-order valence-electron chi connectivity index (χ1n) is 6.19. The molecule has 1 fully saturated rings. The number of hydrogen-bond donors (Lipinski definition) is 1. The number of nitrogens with zero attached hydrogens (tertiary/aromatic N) is 3. The zero-order valence-corrected chi connectivity index (χ0v) is 10.3. The third-order valence-corrected chi connectivity index (χ3v) is 3.37. The van der Waals surface area contributed by atoms with Gasteiger partial charge in [0.1, 0.15) is 5.69 Å². The van der Waals surface area contributed by atoms with E-state index in [0.29, 0.717) is 12.1 Å². The standard InChI is InChI=1S/C12H14N4O3/c13-9-5-8-7-14-15(12-3-1-2-4-19-12)10(8)6-11(9)16(17)18/h5-7,12H,1-4,13H2. The molecule has 0 amide bonds. The summed E-state index contributed by atoms with van der Waals surface area (Å²) < 4.78 is 7.37. The minimum absolute atomic E-state index is 0.0925. The third kappa shape index (κ3) is 2.01. The Morgan fingerprint density at radius 3 is 3.00 bits per heavy atom. The van der Waals surface area contributed by atoms with Crippen molar-refractivity contribution >= 4 is 22.3 Å². The van der Waals surface area contributed by atoms with Gasteiger partial charge in [-0.15, -0.1) is 0 Å². The van der Waals surface area contributed by atoms with E-state index in [4.69, 9.17) is 10.5 Å². The maximum atomic E-state index is 10.9. The summed E-state index contributed by atoms with van der Waals surface area (Å²) in [7, 11) is 0. The van der Waals surface area contributed by atoms with E-state index < -0.39 is 4.92 Å². The number of nitro groups is 1. The zero-order valence-electron chi connectivity index (χ0n) is 10.3. The van der Waals surface area contributed by atoms with Gasteiger partial charge < -0.3 is 10.5 Å². The molecule has 0 spiro atoms. The van der Waals surface area contributed by atoms with E-state index in [1.807, 2.05) is 0 Å². The molecule has 1 aliphatic rings. The van der Waals surface area contributed by atoms with Crippen LogP contribution in [0.25, 0.3) is 10.9 Å². The van der Waals surface area contributed by atoms with Gasteiger partial charge in [0.15, 0.2) is 6.23 Å². The first-order chi connectivity index (χ1) is 9.16. The van der Waals surface area contributed by atoms with Crippen LogP contribution < -0.4 is 5.73 Å². The Labute approximate surface area is 109 Å². The van der Waals surface area contributed by atoms with Crippen molar-refractivity contribution in [3.05, 3.63) is 28.4 Å². The smallest absolute Gasteiger partial charge is 0.294 e. The molecule has 0 saturated carbocycles. The molecule has 1 atom stereocenters. The highest BCUT2D eigenvalue weighted by Gasteiger charge is 2.21. The van der Waals surface area contributed by atoms with Crippen molar-refractivity contribution in [2.75, 3.05) is 12.3 Å². The molecule has 2 heterocycles. The van der Waals surface area contributed by atoms with Crippen molar-refractivity contribution in [1.29, 1.82) is 0 Å². The van der Waals surface area contributed by atoms with Gasteiger partial charge in [-0.3, -0.25) is 10.1 Å². The van der Waals surface area contributed by atoms with Crippen molar-refractivity contribution in [3.8, 4) is 0 Å². The number of ether oxygens (including phenoxy) is 1. The molecular formula is C12H14N4O3. The van der Waals surface area contributed by atoms with Gasteiger partial charge in [0.25, 0.3) is 5.69 Å². The first kappa shape index (κ1) is 11.9. The van der Waals surface area contributed by atoms with E-state index in [2.05, 4.69) is 5.10 Å². The second kappa shape index (κ2) is 4.51. The Balaban J connectivity index is 2.10. The van der Waals surface area contributed by atoms with Crippen LogP contribution >= 0.6 is 0 Å². The van der Waals surface area contributed by atoms with Gasteiger partial charge in [0.2, 0.25) is 0 Å². The molecule has 1 saturated heterocycles. The molecule has 1 aromatic carbocycles. The van der Waals surface area contributed by atoms with Crippen LogP contribution in [0.5, 0.6) is 0 Å².